The highest BCUT2D eigenvalue weighted by atomic mass is 16.2. The van der Waals surface area contributed by atoms with Crippen molar-refractivity contribution in [3.05, 3.63) is 36.0 Å². The number of piperazine rings is 1. The van der Waals surface area contributed by atoms with E-state index < -0.39 is 11.9 Å². The summed E-state index contributed by atoms with van der Waals surface area (Å²) in [4.78, 5) is 28.8. The Morgan fingerprint density at radius 2 is 2.15 bits per heavy atom. The number of carbonyl (C=O) groups is 2. The number of H-pyrrole nitrogens is 1. The van der Waals surface area contributed by atoms with Crippen LogP contribution in [-0.2, 0) is 4.79 Å². The SMILES string of the molecule is NC(=O)C1CNCCN1C(=O)c1cccc2cc[nH]c12. The number of para-hydroxylation sites is 1. The van der Waals surface area contributed by atoms with Gasteiger partial charge in [-0.3, -0.25) is 9.59 Å². The molecule has 0 bridgehead atoms. The van der Waals surface area contributed by atoms with Gasteiger partial charge in [0.05, 0.1) is 11.1 Å². The van der Waals surface area contributed by atoms with E-state index >= 15 is 0 Å². The van der Waals surface area contributed by atoms with Gasteiger partial charge in [-0.1, -0.05) is 12.1 Å². The van der Waals surface area contributed by atoms with Crippen molar-refractivity contribution in [3.63, 3.8) is 0 Å². The first-order valence-corrected chi connectivity index (χ1v) is 6.55. The molecule has 2 amide bonds. The van der Waals surface area contributed by atoms with Crippen LogP contribution in [0.15, 0.2) is 30.5 Å². The average molecular weight is 272 g/mol. The van der Waals surface area contributed by atoms with Crippen LogP contribution < -0.4 is 11.1 Å². The van der Waals surface area contributed by atoms with Crippen molar-refractivity contribution < 1.29 is 9.59 Å². The van der Waals surface area contributed by atoms with E-state index in [1.807, 2.05) is 18.2 Å². The van der Waals surface area contributed by atoms with E-state index in [0.717, 1.165) is 10.9 Å². The number of carbonyl (C=O) groups excluding carboxylic acids is 2. The molecule has 1 aliphatic heterocycles. The summed E-state index contributed by atoms with van der Waals surface area (Å²) in [6.07, 6.45) is 1.80. The Kier molecular flexibility index (Phi) is 3.15. The fourth-order valence-corrected chi connectivity index (χ4v) is 2.62. The van der Waals surface area contributed by atoms with Crippen LogP contribution in [0.2, 0.25) is 0 Å². The van der Waals surface area contributed by atoms with Crippen LogP contribution in [-0.4, -0.2) is 47.4 Å². The lowest BCUT2D eigenvalue weighted by atomic mass is 10.1. The second-order valence-electron chi connectivity index (χ2n) is 4.87. The number of hydrogen-bond acceptors (Lipinski definition) is 3. The van der Waals surface area contributed by atoms with Gasteiger partial charge in [0, 0.05) is 31.2 Å². The number of fused-ring (bicyclic) bond motifs is 1. The molecule has 1 aromatic carbocycles. The molecule has 1 atom stereocenters. The third kappa shape index (κ3) is 2.04. The van der Waals surface area contributed by atoms with Gasteiger partial charge in [-0.05, 0) is 12.1 Å². The number of nitrogens with zero attached hydrogens (tertiary/aromatic N) is 1. The minimum absolute atomic E-state index is 0.164. The van der Waals surface area contributed by atoms with Crippen molar-refractivity contribution in [3.8, 4) is 0 Å². The standard InChI is InChI=1S/C14H16N4O2/c15-13(19)11-8-16-6-7-18(11)14(20)10-3-1-2-9-4-5-17-12(9)10/h1-5,11,16-17H,6-8H2,(H2,15,19). The minimum atomic E-state index is -0.596. The van der Waals surface area contributed by atoms with Crippen molar-refractivity contribution in [1.82, 2.24) is 15.2 Å². The number of amides is 2. The van der Waals surface area contributed by atoms with Gasteiger partial charge in [-0.15, -0.1) is 0 Å². The molecule has 0 spiro atoms. The van der Waals surface area contributed by atoms with Gasteiger partial charge in [0.25, 0.3) is 5.91 Å². The normalized spacial score (nSPS) is 19.2. The maximum absolute atomic E-state index is 12.7. The zero-order valence-electron chi connectivity index (χ0n) is 10.9. The number of aromatic amines is 1. The van der Waals surface area contributed by atoms with Crippen LogP contribution in [0.5, 0.6) is 0 Å². The lowest BCUT2D eigenvalue weighted by Crippen LogP contribution is -2.58. The zero-order chi connectivity index (χ0) is 14.1. The van der Waals surface area contributed by atoms with Gasteiger partial charge in [0.1, 0.15) is 6.04 Å². The van der Waals surface area contributed by atoms with E-state index in [4.69, 9.17) is 5.73 Å². The molecule has 2 heterocycles. The van der Waals surface area contributed by atoms with Crippen LogP contribution in [0.4, 0.5) is 0 Å². The summed E-state index contributed by atoms with van der Waals surface area (Å²) in [5.74, 6) is -0.646. The van der Waals surface area contributed by atoms with Gasteiger partial charge in [-0.25, -0.2) is 0 Å². The van der Waals surface area contributed by atoms with Gasteiger partial charge in [0.15, 0.2) is 0 Å². The van der Waals surface area contributed by atoms with E-state index in [2.05, 4.69) is 10.3 Å². The summed E-state index contributed by atoms with van der Waals surface area (Å²) >= 11 is 0. The van der Waals surface area contributed by atoms with Gasteiger partial charge in [0.2, 0.25) is 5.91 Å². The molecule has 0 aliphatic carbocycles. The molecule has 0 radical (unpaired) electrons. The maximum atomic E-state index is 12.7. The van der Waals surface area contributed by atoms with E-state index in [1.165, 1.54) is 0 Å². The maximum Gasteiger partial charge on any atom is 0.256 e. The Morgan fingerprint density at radius 3 is 2.95 bits per heavy atom. The fraction of sp³-hybridized carbons (Fsp3) is 0.286. The molecule has 3 rings (SSSR count). The largest absolute Gasteiger partial charge is 0.368 e. The summed E-state index contributed by atoms with van der Waals surface area (Å²) in [5.41, 5.74) is 6.75. The first-order valence-electron chi connectivity index (χ1n) is 6.55. The van der Waals surface area contributed by atoms with E-state index in [-0.39, 0.29) is 5.91 Å². The highest BCUT2D eigenvalue weighted by molar-refractivity contribution is 6.07. The van der Waals surface area contributed by atoms with Crippen LogP contribution in [0.25, 0.3) is 10.9 Å². The molecule has 1 saturated heterocycles. The predicted molar refractivity (Wildman–Crippen MR) is 75.2 cm³/mol. The number of primary amides is 1. The predicted octanol–water partition coefficient (Wildman–Crippen LogP) is 0.0672. The van der Waals surface area contributed by atoms with E-state index in [0.29, 0.717) is 25.2 Å². The van der Waals surface area contributed by atoms with Crippen LogP contribution in [0.3, 0.4) is 0 Å². The summed E-state index contributed by atoms with van der Waals surface area (Å²) in [6.45, 7) is 1.54. The molecule has 1 unspecified atom stereocenters. The van der Waals surface area contributed by atoms with Crippen LogP contribution in [0, 0.1) is 0 Å². The molecule has 6 heteroatoms. The first-order chi connectivity index (χ1) is 9.68. The Hall–Kier alpha value is -2.34. The summed E-state index contributed by atoms with van der Waals surface area (Å²) in [6, 6.07) is 6.86. The molecular formula is C14H16N4O2. The highest BCUT2D eigenvalue weighted by Gasteiger charge is 2.31. The van der Waals surface area contributed by atoms with Gasteiger partial charge in [-0.2, -0.15) is 0 Å². The molecule has 6 nitrogen and oxygen atoms in total. The summed E-state index contributed by atoms with van der Waals surface area (Å²) in [5, 5.41) is 4.06. The molecule has 1 aromatic heterocycles. The molecule has 2 aromatic rings. The van der Waals surface area contributed by atoms with Gasteiger partial charge >= 0.3 is 0 Å². The molecular weight excluding hydrogens is 256 g/mol. The molecule has 0 saturated carbocycles. The quantitative estimate of drug-likeness (QED) is 0.722. The Balaban J connectivity index is 1.98. The smallest absolute Gasteiger partial charge is 0.256 e. The lowest BCUT2D eigenvalue weighted by molar-refractivity contribution is -0.122. The Morgan fingerprint density at radius 1 is 1.30 bits per heavy atom. The third-order valence-electron chi connectivity index (χ3n) is 3.65. The van der Waals surface area contributed by atoms with Crippen molar-refractivity contribution in [2.24, 2.45) is 5.73 Å². The Labute approximate surface area is 115 Å². The van der Waals surface area contributed by atoms with E-state index in [9.17, 15) is 9.59 Å². The van der Waals surface area contributed by atoms with Crippen molar-refractivity contribution in [2.45, 2.75) is 6.04 Å². The first kappa shape index (κ1) is 12.7. The van der Waals surface area contributed by atoms with Crippen LogP contribution >= 0.6 is 0 Å². The van der Waals surface area contributed by atoms with Gasteiger partial charge < -0.3 is 20.9 Å². The minimum Gasteiger partial charge on any atom is -0.368 e. The zero-order valence-corrected chi connectivity index (χ0v) is 10.9. The highest BCUT2D eigenvalue weighted by Crippen LogP contribution is 2.20. The fourth-order valence-electron chi connectivity index (χ4n) is 2.62. The number of benzene rings is 1. The lowest BCUT2D eigenvalue weighted by Gasteiger charge is -2.34. The third-order valence-corrected chi connectivity index (χ3v) is 3.65. The molecule has 4 N–H and O–H groups in total. The summed E-state index contributed by atoms with van der Waals surface area (Å²) < 4.78 is 0. The second kappa shape index (κ2) is 4.97. The van der Waals surface area contributed by atoms with E-state index in [1.54, 1.807) is 17.2 Å². The average Bonchev–Trinajstić information content (AvgIpc) is 2.94. The number of nitrogens with two attached hydrogens (primary N) is 1. The second-order valence-corrected chi connectivity index (χ2v) is 4.87. The number of nitrogens with one attached hydrogen (secondary N) is 2. The number of rotatable bonds is 2. The van der Waals surface area contributed by atoms with Crippen molar-refractivity contribution in [1.29, 1.82) is 0 Å². The van der Waals surface area contributed by atoms with Crippen molar-refractivity contribution in [2.75, 3.05) is 19.6 Å². The van der Waals surface area contributed by atoms with Crippen molar-refractivity contribution >= 4 is 22.7 Å². The molecule has 104 valence electrons. The topological polar surface area (TPSA) is 91.2 Å². The molecule has 1 aliphatic rings. The molecule has 20 heavy (non-hydrogen) atoms. The number of hydrogen-bond donors (Lipinski definition) is 3. The Bertz CT molecular complexity index is 664. The van der Waals surface area contributed by atoms with Crippen LogP contribution in [0.1, 0.15) is 10.4 Å². The summed E-state index contributed by atoms with van der Waals surface area (Å²) in [7, 11) is 0. The monoisotopic (exact) mass is 272 g/mol. The molecule has 1 fully saturated rings. The number of aromatic nitrogens is 1.